The maximum absolute atomic E-state index is 12.4. The summed E-state index contributed by atoms with van der Waals surface area (Å²) in [6, 6.07) is 6.83. The number of aromatic hydroxyl groups is 1. The molecule has 11 heteroatoms. The third-order valence-corrected chi connectivity index (χ3v) is 5.44. The van der Waals surface area contributed by atoms with Crippen molar-refractivity contribution in [1.82, 2.24) is 4.72 Å². The molecule has 0 spiro atoms. The van der Waals surface area contributed by atoms with Gasteiger partial charge in [-0.15, -0.1) is 0 Å². The van der Waals surface area contributed by atoms with Gasteiger partial charge in [-0.25, -0.2) is 17.9 Å². The molecule has 10 nitrogen and oxygen atoms in total. The van der Waals surface area contributed by atoms with E-state index in [0.29, 0.717) is 16.9 Å². The SMILES string of the molecule is COCCNS(=O)(=O)c1cc(Oc2c(C)cc(NC(=O)C(=O)O)cc2C)ccc1O. The lowest BCUT2D eigenvalue weighted by Crippen LogP contribution is -2.27. The van der Waals surface area contributed by atoms with Gasteiger partial charge >= 0.3 is 11.9 Å². The first-order valence-electron chi connectivity index (χ1n) is 8.70. The zero-order valence-electron chi connectivity index (χ0n) is 16.6. The number of anilines is 1. The summed E-state index contributed by atoms with van der Waals surface area (Å²) in [7, 11) is -2.56. The average molecular weight is 438 g/mol. The molecule has 0 radical (unpaired) electrons. The number of carbonyl (C=O) groups is 2. The number of amides is 1. The Labute approximate surface area is 173 Å². The molecule has 0 fully saturated rings. The molecule has 2 aromatic rings. The first-order chi connectivity index (χ1) is 14.0. The summed E-state index contributed by atoms with van der Waals surface area (Å²) in [6.07, 6.45) is 0. The fraction of sp³-hybridized carbons (Fsp3) is 0.263. The molecular formula is C19H22N2O8S. The fourth-order valence-corrected chi connectivity index (χ4v) is 3.74. The number of aliphatic carboxylic acids is 1. The Bertz CT molecular complexity index is 1040. The van der Waals surface area contributed by atoms with Crippen molar-refractivity contribution in [3.05, 3.63) is 41.5 Å². The van der Waals surface area contributed by atoms with Crippen LogP contribution in [0.2, 0.25) is 0 Å². The van der Waals surface area contributed by atoms with Crippen LogP contribution in [0, 0.1) is 13.8 Å². The molecule has 0 atom stereocenters. The second-order valence-electron chi connectivity index (χ2n) is 6.32. The summed E-state index contributed by atoms with van der Waals surface area (Å²) in [5, 5.41) is 20.9. The Kier molecular flexibility index (Phi) is 7.38. The van der Waals surface area contributed by atoms with E-state index in [2.05, 4.69) is 10.0 Å². The summed E-state index contributed by atoms with van der Waals surface area (Å²) in [5.74, 6) is -2.66. The second-order valence-corrected chi connectivity index (χ2v) is 8.06. The number of carboxylic acid groups (broad SMARTS) is 1. The molecule has 0 aromatic heterocycles. The standard InChI is InChI=1S/C19H22N2O8S/c1-11-8-13(21-18(23)19(24)25)9-12(2)17(11)29-14-4-5-15(22)16(10-14)30(26,27)20-6-7-28-3/h4-5,8-10,20,22H,6-7H2,1-3H3,(H,21,23)(H,24,25). The van der Waals surface area contributed by atoms with Gasteiger partial charge in [0.25, 0.3) is 0 Å². The van der Waals surface area contributed by atoms with E-state index >= 15 is 0 Å². The molecule has 0 saturated heterocycles. The largest absolute Gasteiger partial charge is 0.507 e. The van der Waals surface area contributed by atoms with Gasteiger partial charge in [0, 0.05) is 25.4 Å². The summed E-state index contributed by atoms with van der Waals surface area (Å²) in [6.45, 7) is 3.57. The summed E-state index contributed by atoms with van der Waals surface area (Å²) in [5.41, 5.74) is 1.43. The Hall–Kier alpha value is -3.15. The van der Waals surface area contributed by atoms with Crippen molar-refractivity contribution in [2.45, 2.75) is 18.7 Å². The first-order valence-corrected chi connectivity index (χ1v) is 10.2. The van der Waals surface area contributed by atoms with Crippen LogP contribution in [-0.4, -0.2) is 50.8 Å². The lowest BCUT2D eigenvalue weighted by molar-refractivity contribution is -0.147. The highest BCUT2D eigenvalue weighted by molar-refractivity contribution is 7.89. The molecule has 0 unspecified atom stereocenters. The highest BCUT2D eigenvalue weighted by atomic mass is 32.2. The minimum absolute atomic E-state index is 0.0328. The van der Waals surface area contributed by atoms with Crippen molar-refractivity contribution in [3.8, 4) is 17.2 Å². The van der Waals surface area contributed by atoms with Crippen LogP contribution in [0.25, 0.3) is 0 Å². The normalized spacial score (nSPS) is 11.2. The summed E-state index contributed by atoms with van der Waals surface area (Å²) in [4.78, 5) is 21.7. The zero-order valence-corrected chi connectivity index (χ0v) is 17.4. The predicted molar refractivity (Wildman–Crippen MR) is 107 cm³/mol. The number of hydrogen-bond acceptors (Lipinski definition) is 7. The van der Waals surface area contributed by atoms with E-state index in [-0.39, 0.29) is 29.5 Å². The van der Waals surface area contributed by atoms with Gasteiger partial charge in [0.2, 0.25) is 10.0 Å². The third-order valence-electron chi connectivity index (χ3n) is 3.95. The molecule has 0 aliphatic rings. The molecule has 0 heterocycles. The van der Waals surface area contributed by atoms with Gasteiger partial charge in [-0.3, -0.25) is 4.79 Å². The Morgan fingerprint density at radius 2 is 1.73 bits per heavy atom. The molecule has 4 N–H and O–H groups in total. The number of rotatable bonds is 8. The number of nitrogens with one attached hydrogen (secondary N) is 2. The van der Waals surface area contributed by atoms with E-state index in [1.54, 1.807) is 13.8 Å². The minimum Gasteiger partial charge on any atom is -0.507 e. The molecule has 0 aliphatic carbocycles. The number of benzene rings is 2. The quantitative estimate of drug-likeness (QED) is 0.359. The molecule has 0 aliphatic heterocycles. The Morgan fingerprint density at radius 3 is 2.30 bits per heavy atom. The number of hydrogen-bond donors (Lipinski definition) is 4. The minimum atomic E-state index is -3.99. The van der Waals surface area contributed by atoms with Crippen LogP contribution in [0.3, 0.4) is 0 Å². The highest BCUT2D eigenvalue weighted by Gasteiger charge is 2.20. The molecule has 0 bridgehead atoms. The molecular weight excluding hydrogens is 416 g/mol. The molecule has 2 rings (SSSR count). The van der Waals surface area contributed by atoms with E-state index < -0.39 is 27.6 Å². The van der Waals surface area contributed by atoms with E-state index in [9.17, 15) is 23.1 Å². The van der Waals surface area contributed by atoms with Gasteiger partial charge in [0.05, 0.1) is 6.61 Å². The van der Waals surface area contributed by atoms with Gasteiger partial charge in [-0.1, -0.05) is 0 Å². The Morgan fingerprint density at radius 1 is 1.10 bits per heavy atom. The van der Waals surface area contributed by atoms with Gasteiger partial charge in [-0.05, 0) is 49.2 Å². The molecule has 162 valence electrons. The van der Waals surface area contributed by atoms with Crippen molar-refractivity contribution in [2.24, 2.45) is 0 Å². The van der Waals surface area contributed by atoms with Crippen molar-refractivity contribution in [3.63, 3.8) is 0 Å². The summed E-state index contributed by atoms with van der Waals surface area (Å²) >= 11 is 0. The van der Waals surface area contributed by atoms with Crippen LogP contribution < -0.4 is 14.8 Å². The average Bonchev–Trinajstić information content (AvgIpc) is 2.65. The van der Waals surface area contributed by atoms with Crippen LogP contribution in [0.4, 0.5) is 5.69 Å². The van der Waals surface area contributed by atoms with Crippen molar-refractivity contribution in [1.29, 1.82) is 0 Å². The molecule has 30 heavy (non-hydrogen) atoms. The molecule has 2 aromatic carbocycles. The van der Waals surface area contributed by atoms with E-state index in [0.717, 1.165) is 0 Å². The van der Waals surface area contributed by atoms with Gasteiger partial charge < -0.3 is 25.0 Å². The number of phenolic OH excluding ortho intramolecular Hbond substituents is 1. The van der Waals surface area contributed by atoms with Crippen LogP contribution >= 0.6 is 0 Å². The van der Waals surface area contributed by atoms with Crippen LogP contribution in [0.1, 0.15) is 11.1 Å². The number of ether oxygens (including phenoxy) is 2. The third kappa shape index (κ3) is 5.69. The van der Waals surface area contributed by atoms with Crippen molar-refractivity contribution >= 4 is 27.6 Å². The zero-order chi connectivity index (χ0) is 22.5. The van der Waals surface area contributed by atoms with E-state index in [4.69, 9.17) is 14.6 Å². The van der Waals surface area contributed by atoms with Crippen LogP contribution in [0.15, 0.2) is 35.2 Å². The molecule has 0 saturated carbocycles. The smallest absolute Gasteiger partial charge is 0.394 e. The van der Waals surface area contributed by atoms with E-state index in [1.165, 1.54) is 37.4 Å². The number of carboxylic acids is 1. The van der Waals surface area contributed by atoms with Crippen molar-refractivity contribution < 1.29 is 37.7 Å². The molecule has 1 amide bonds. The number of aryl methyl sites for hydroxylation is 2. The lowest BCUT2D eigenvalue weighted by Gasteiger charge is -2.15. The number of methoxy groups -OCH3 is 1. The second kappa shape index (κ2) is 9.57. The predicted octanol–water partition coefficient (Wildman–Crippen LogP) is 1.75. The fourth-order valence-electron chi connectivity index (χ4n) is 2.61. The number of sulfonamides is 1. The van der Waals surface area contributed by atoms with E-state index in [1.807, 2.05) is 0 Å². The monoisotopic (exact) mass is 438 g/mol. The number of carbonyl (C=O) groups excluding carboxylic acids is 1. The van der Waals surface area contributed by atoms with Gasteiger partial charge in [0.1, 0.15) is 22.1 Å². The summed E-state index contributed by atoms with van der Waals surface area (Å²) < 4.78 is 37.7. The van der Waals surface area contributed by atoms with Gasteiger partial charge in [0.15, 0.2) is 0 Å². The highest BCUT2D eigenvalue weighted by Crippen LogP contribution is 2.34. The maximum atomic E-state index is 12.4. The lowest BCUT2D eigenvalue weighted by atomic mass is 10.1. The van der Waals surface area contributed by atoms with Crippen LogP contribution in [-0.2, 0) is 24.3 Å². The van der Waals surface area contributed by atoms with Crippen molar-refractivity contribution in [2.75, 3.05) is 25.6 Å². The van der Waals surface area contributed by atoms with Crippen LogP contribution in [0.5, 0.6) is 17.2 Å². The number of phenols is 1. The van der Waals surface area contributed by atoms with Gasteiger partial charge in [-0.2, -0.15) is 0 Å². The topological polar surface area (TPSA) is 151 Å². The maximum Gasteiger partial charge on any atom is 0.394 e. The first kappa shape index (κ1) is 23.1. The Balaban J connectivity index is 2.30.